The number of aliphatic hydroxyl groups is 1. The molecule has 164 valence electrons. The minimum absolute atomic E-state index is 0.142. The second-order valence-corrected chi connectivity index (χ2v) is 7.85. The zero-order valence-electron chi connectivity index (χ0n) is 18.0. The molecule has 1 heterocycles. The summed E-state index contributed by atoms with van der Waals surface area (Å²) in [5.41, 5.74) is 1.42. The number of ether oxygens (including phenoxy) is 2. The van der Waals surface area contributed by atoms with Gasteiger partial charge in [-0.15, -0.1) is 0 Å². The van der Waals surface area contributed by atoms with Crippen LogP contribution in [-0.2, 0) is 22.4 Å². The second kappa shape index (κ2) is 9.86. The van der Waals surface area contributed by atoms with Crippen molar-refractivity contribution in [2.75, 3.05) is 13.7 Å². The first kappa shape index (κ1) is 23.6. The van der Waals surface area contributed by atoms with Gasteiger partial charge < -0.3 is 24.9 Å². The summed E-state index contributed by atoms with van der Waals surface area (Å²) in [5.74, 6) is -1.51. The number of nitrogens with one attached hydrogen (secondary N) is 2. The number of carbonyl (C=O) groups is 2. The smallest absolute Gasteiger partial charge is 0.355 e. The van der Waals surface area contributed by atoms with E-state index >= 15 is 0 Å². The van der Waals surface area contributed by atoms with Gasteiger partial charge in [0, 0.05) is 12.2 Å². The molecule has 0 amide bonds. The van der Waals surface area contributed by atoms with E-state index < -0.39 is 23.6 Å². The molecule has 1 aromatic carbocycles. The van der Waals surface area contributed by atoms with Crippen LogP contribution in [0.15, 0.2) is 24.3 Å². The van der Waals surface area contributed by atoms with Crippen LogP contribution in [0.1, 0.15) is 71.4 Å². The number of aliphatic hydroxyl groups excluding tert-OH is 1. The summed E-state index contributed by atoms with van der Waals surface area (Å²) in [6.45, 7) is 7.02. The number of rotatable bonds is 8. The maximum atomic E-state index is 13.2. The highest BCUT2D eigenvalue weighted by molar-refractivity contribution is 5.98. The predicted octanol–water partition coefficient (Wildman–Crippen LogP) is 3.28. The molecule has 30 heavy (non-hydrogen) atoms. The van der Waals surface area contributed by atoms with Crippen LogP contribution in [0.25, 0.3) is 0 Å². The van der Waals surface area contributed by atoms with Crippen molar-refractivity contribution in [2.45, 2.75) is 52.3 Å². The number of benzene rings is 1. The number of esters is 2. The van der Waals surface area contributed by atoms with Crippen LogP contribution in [0.4, 0.5) is 4.39 Å². The van der Waals surface area contributed by atoms with Crippen LogP contribution in [-0.4, -0.2) is 41.3 Å². The standard InChI is InChI=1S/C22H29FN2O5/c1-6-15-18(20(27)29-5)16(25-19(15)21(28)30-22(2,3)4)11-24-17(12-26)13-7-9-14(23)10-8-13/h7-10,17,24-26H,6,11-12H2,1-5H3. The van der Waals surface area contributed by atoms with Gasteiger partial charge in [-0.3, -0.25) is 0 Å². The molecule has 0 saturated carbocycles. The number of carbonyl (C=O) groups excluding carboxylic acids is 2. The second-order valence-electron chi connectivity index (χ2n) is 7.85. The molecular weight excluding hydrogens is 391 g/mol. The molecule has 0 aliphatic heterocycles. The van der Waals surface area contributed by atoms with Crippen LogP contribution >= 0.6 is 0 Å². The number of aromatic amines is 1. The van der Waals surface area contributed by atoms with Gasteiger partial charge in [-0.2, -0.15) is 0 Å². The average molecular weight is 420 g/mol. The summed E-state index contributed by atoms with van der Waals surface area (Å²) in [4.78, 5) is 28.1. The van der Waals surface area contributed by atoms with E-state index in [1.165, 1.54) is 19.2 Å². The third-order valence-corrected chi connectivity index (χ3v) is 4.51. The number of aromatic nitrogens is 1. The summed E-state index contributed by atoms with van der Waals surface area (Å²) in [7, 11) is 1.27. The molecule has 0 bridgehead atoms. The van der Waals surface area contributed by atoms with Crippen molar-refractivity contribution in [1.82, 2.24) is 10.3 Å². The van der Waals surface area contributed by atoms with Gasteiger partial charge >= 0.3 is 11.9 Å². The normalized spacial score (nSPS) is 12.5. The van der Waals surface area contributed by atoms with Crippen molar-refractivity contribution in [3.8, 4) is 0 Å². The lowest BCUT2D eigenvalue weighted by molar-refractivity contribution is 0.00621. The lowest BCUT2D eigenvalue weighted by Crippen LogP contribution is -2.25. The van der Waals surface area contributed by atoms with Crippen molar-refractivity contribution >= 4 is 11.9 Å². The highest BCUT2D eigenvalue weighted by Crippen LogP contribution is 2.24. The Morgan fingerprint density at radius 3 is 2.33 bits per heavy atom. The van der Waals surface area contributed by atoms with Gasteiger partial charge in [0.15, 0.2) is 0 Å². The first-order valence-corrected chi connectivity index (χ1v) is 9.76. The molecule has 2 aromatic rings. The van der Waals surface area contributed by atoms with Gasteiger partial charge in [-0.1, -0.05) is 19.1 Å². The van der Waals surface area contributed by atoms with Crippen molar-refractivity contribution in [3.05, 3.63) is 58.2 Å². The van der Waals surface area contributed by atoms with E-state index in [0.29, 0.717) is 23.2 Å². The third-order valence-electron chi connectivity index (χ3n) is 4.51. The first-order chi connectivity index (χ1) is 14.1. The molecule has 8 heteroatoms. The van der Waals surface area contributed by atoms with E-state index in [1.807, 2.05) is 6.92 Å². The number of hydrogen-bond acceptors (Lipinski definition) is 6. The lowest BCUT2D eigenvalue weighted by Gasteiger charge is -2.19. The van der Waals surface area contributed by atoms with E-state index in [4.69, 9.17) is 9.47 Å². The highest BCUT2D eigenvalue weighted by Gasteiger charge is 2.29. The van der Waals surface area contributed by atoms with Crippen molar-refractivity contribution in [1.29, 1.82) is 0 Å². The fraction of sp³-hybridized carbons (Fsp3) is 0.455. The summed E-state index contributed by atoms with van der Waals surface area (Å²) in [6.07, 6.45) is 0.414. The molecular formula is C22H29FN2O5. The molecule has 0 aliphatic carbocycles. The summed E-state index contributed by atoms with van der Waals surface area (Å²) in [5, 5.41) is 12.9. The first-order valence-electron chi connectivity index (χ1n) is 9.76. The Morgan fingerprint density at radius 1 is 1.20 bits per heavy atom. The molecule has 3 N–H and O–H groups in total. The minimum Gasteiger partial charge on any atom is -0.465 e. The molecule has 1 aromatic heterocycles. The number of H-pyrrole nitrogens is 1. The Bertz CT molecular complexity index is 884. The zero-order chi connectivity index (χ0) is 22.5. The van der Waals surface area contributed by atoms with Crippen molar-refractivity contribution < 1.29 is 28.6 Å². The van der Waals surface area contributed by atoms with Gasteiger partial charge in [0.2, 0.25) is 0 Å². The van der Waals surface area contributed by atoms with E-state index in [1.54, 1.807) is 32.9 Å². The van der Waals surface area contributed by atoms with E-state index in [0.717, 1.165) is 0 Å². The van der Waals surface area contributed by atoms with Gasteiger partial charge in [0.1, 0.15) is 17.1 Å². The van der Waals surface area contributed by atoms with E-state index in [9.17, 15) is 19.1 Å². The fourth-order valence-corrected chi connectivity index (χ4v) is 3.14. The fourth-order valence-electron chi connectivity index (χ4n) is 3.14. The summed E-state index contributed by atoms with van der Waals surface area (Å²) < 4.78 is 23.6. The molecule has 0 radical (unpaired) electrons. The molecule has 0 saturated heterocycles. The van der Waals surface area contributed by atoms with Crippen LogP contribution in [0.5, 0.6) is 0 Å². The van der Waals surface area contributed by atoms with Gasteiger partial charge in [-0.05, 0) is 50.5 Å². The van der Waals surface area contributed by atoms with Crippen molar-refractivity contribution in [3.63, 3.8) is 0 Å². The Kier molecular flexibility index (Phi) is 7.75. The number of halogens is 1. The van der Waals surface area contributed by atoms with Crippen LogP contribution in [0, 0.1) is 5.82 Å². The predicted molar refractivity (Wildman–Crippen MR) is 110 cm³/mol. The Morgan fingerprint density at radius 2 is 1.83 bits per heavy atom. The SMILES string of the molecule is CCc1c(C(=O)OC(C)(C)C)[nH]c(CNC(CO)c2ccc(F)cc2)c1C(=O)OC. The van der Waals surface area contributed by atoms with Gasteiger partial charge in [0.05, 0.1) is 25.3 Å². The van der Waals surface area contributed by atoms with Crippen LogP contribution < -0.4 is 5.32 Å². The Labute approximate surface area is 175 Å². The molecule has 0 aliphatic rings. The Hall–Kier alpha value is -2.71. The molecule has 1 atom stereocenters. The minimum atomic E-state index is -0.693. The summed E-state index contributed by atoms with van der Waals surface area (Å²) in [6, 6.07) is 5.27. The quantitative estimate of drug-likeness (QED) is 0.567. The van der Waals surface area contributed by atoms with E-state index in [-0.39, 0.29) is 30.2 Å². The number of methoxy groups -OCH3 is 1. The summed E-state index contributed by atoms with van der Waals surface area (Å²) >= 11 is 0. The third kappa shape index (κ3) is 5.67. The monoisotopic (exact) mass is 420 g/mol. The van der Waals surface area contributed by atoms with Gasteiger partial charge in [0.25, 0.3) is 0 Å². The molecule has 1 unspecified atom stereocenters. The molecule has 0 fully saturated rings. The Balaban J connectivity index is 2.36. The molecule has 2 rings (SSSR count). The highest BCUT2D eigenvalue weighted by atomic mass is 19.1. The van der Waals surface area contributed by atoms with E-state index in [2.05, 4.69) is 10.3 Å². The maximum Gasteiger partial charge on any atom is 0.355 e. The largest absolute Gasteiger partial charge is 0.465 e. The lowest BCUT2D eigenvalue weighted by atomic mass is 10.0. The van der Waals surface area contributed by atoms with Gasteiger partial charge in [-0.25, -0.2) is 14.0 Å². The topological polar surface area (TPSA) is 101 Å². The zero-order valence-corrected chi connectivity index (χ0v) is 18.0. The maximum absolute atomic E-state index is 13.2. The number of hydrogen-bond donors (Lipinski definition) is 3. The van der Waals surface area contributed by atoms with Crippen molar-refractivity contribution in [2.24, 2.45) is 0 Å². The van der Waals surface area contributed by atoms with Crippen LogP contribution in [0.2, 0.25) is 0 Å². The molecule has 7 nitrogen and oxygen atoms in total. The van der Waals surface area contributed by atoms with Crippen LogP contribution in [0.3, 0.4) is 0 Å². The average Bonchev–Trinajstić information content (AvgIpc) is 3.06. The molecule has 0 spiro atoms.